The van der Waals surface area contributed by atoms with Crippen molar-refractivity contribution in [2.24, 2.45) is 0 Å². The highest BCUT2D eigenvalue weighted by Gasteiger charge is 2.04. The van der Waals surface area contributed by atoms with Crippen molar-refractivity contribution in [1.82, 2.24) is 15.4 Å². The molecule has 0 fully saturated rings. The van der Waals surface area contributed by atoms with Crippen molar-refractivity contribution < 1.29 is 9.73 Å². The largest absolute Gasteiger partial charge is 0.305 e. The van der Waals surface area contributed by atoms with Crippen LogP contribution in [0.25, 0.3) is 0 Å². The van der Waals surface area contributed by atoms with Crippen molar-refractivity contribution in [3.63, 3.8) is 0 Å². The average Bonchev–Trinajstić information content (AvgIpc) is 1.84. The van der Waals surface area contributed by atoms with E-state index in [9.17, 15) is 4.79 Å². The molecule has 0 aromatic rings. The SMILES string of the molecule is CNCN(C)ON(C)CC(C)=O. The second kappa shape index (κ2) is 6.07. The van der Waals surface area contributed by atoms with Gasteiger partial charge in [-0.1, -0.05) is 0 Å². The molecule has 5 heteroatoms. The summed E-state index contributed by atoms with van der Waals surface area (Å²) < 4.78 is 0. The summed E-state index contributed by atoms with van der Waals surface area (Å²) in [4.78, 5) is 15.8. The van der Waals surface area contributed by atoms with E-state index in [1.54, 1.807) is 19.2 Å². The highest BCUT2D eigenvalue weighted by atomic mass is 16.8. The van der Waals surface area contributed by atoms with Gasteiger partial charge in [-0.2, -0.15) is 10.1 Å². The van der Waals surface area contributed by atoms with Crippen LogP contribution >= 0.6 is 0 Å². The third-order valence-electron chi connectivity index (χ3n) is 1.10. The molecular weight excluding hydrogens is 158 g/mol. The molecule has 0 radical (unpaired) electrons. The Bertz CT molecular complexity index is 141. The van der Waals surface area contributed by atoms with E-state index < -0.39 is 0 Å². The lowest BCUT2D eigenvalue weighted by Crippen LogP contribution is -2.37. The molecule has 0 atom stereocenters. The molecule has 0 spiro atoms. The van der Waals surface area contributed by atoms with Gasteiger partial charge in [0.2, 0.25) is 0 Å². The van der Waals surface area contributed by atoms with Crippen LogP contribution in [0.5, 0.6) is 0 Å². The summed E-state index contributed by atoms with van der Waals surface area (Å²) in [5, 5.41) is 6.00. The van der Waals surface area contributed by atoms with Crippen LogP contribution in [0.15, 0.2) is 0 Å². The maximum Gasteiger partial charge on any atom is 0.146 e. The third-order valence-corrected chi connectivity index (χ3v) is 1.10. The number of carbonyl (C=O) groups is 1. The van der Waals surface area contributed by atoms with Crippen molar-refractivity contribution in [2.75, 3.05) is 34.4 Å². The quantitative estimate of drug-likeness (QED) is 0.434. The average molecular weight is 175 g/mol. The summed E-state index contributed by atoms with van der Waals surface area (Å²) in [5.41, 5.74) is 0. The molecule has 1 N–H and O–H groups in total. The predicted octanol–water partition coefficient (Wildman–Crippen LogP) is -0.537. The molecule has 0 aromatic heterocycles. The number of rotatable bonds is 6. The Morgan fingerprint density at radius 3 is 2.42 bits per heavy atom. The molecular formula is C7H17N3O2. The zero-order valence-electron chi connectivity index (χ0n) is 8.13. The zero-order valence-corrected chi connectivity index (χ0v) is 8.13. The van der Waals surface area contributed by atoms with Gasteiger partial charge in [0, 0.05) is 14.1 Å². The number of ketones is 1. The van der Waals surface area contributed by atoms with Crippen LogP contribution in [0.4, 0.5) is 0 Å². The zero-order chi connectivity index (χ0) is 9.56. The van der Waals surface area contributed by atoms with Gasteiger partial charge in [-0.15, -0.1) is 0 Å². The Balaban J connectivity index is 3.53. The standard InChI is InChI=1S/C7H17N3O2/c1-7(11)5-9(3)12-10(4)6-8-2/h8H,5-6H2,1-4H3. The molecule has 0 bridgehead atoms. The normalized spacial score (nSPS) is 11.2. The summed E-state index contributed by atoms with van der Waals surface area (Å²) >= 11 is 0. The van der Waals surface area contributed by atoms with E-state index in [0.29, 0.717) is 13.2 Å². The van der Waals surface area contributed by atoms with Crippen molar-refractivity contribution >= 4 is 5.78 Å². The van der Waals surface area contributed by atoms with E-state index in [1.165, 1.54) is 12.0 Å². The molecule has 72 valence electrons. The smallest absolute Gasteiger partial charge is 0.146 e. The highest BCUT2D eigenvalue weighted by Crippen LogP contribution is 1.89. The van der Waals surface area contributed by atoms with E-state index in [1.807, 2.05) is 7.05 Å². The molecule has 0 unspecified atom stereocenters. The van der Waals surface area contributed by atoms with E-state index >= 15 is 0 Å². The van der Waals surface area contributed by atoms with Crippen LogP contribution in [0, 0.1) is 0 Å². The predicted molar refractivity (Wildman–Crippen MR) is 46.1 cm³/mol. The van der Waals surface area contributed by atoms with Crippen LogP contribution < -0.4 is 5.32 Å². The lowest BCUT2D eigenvalue weighted by molar-refractivity contribution is -0.302. The van der Waals surface area contributed by atoms with E-state index in [0.717, 1.165) is 0 Å². The second-order valence-electron chi connectivity index (χ2n) is 2.71. The fourth-order valence-corrected chi connectivity index (χ4v) is 0.832. The van der Waals surface area contributed by atoms with Crippen LogP contribution in [0.3, 0.4) is 0 Å². The molecule has 0 aliphatic rings. The van der Waals surface area contributed by atoms with E-state index in [2.05, 4.69) is 5.32 Å². The number of hydrogen-bond acceptors (Lipinski definition) is 5. The van der Waals surface area contributed by atoms with Crippen molar-refractivity contribution in [2.45, 2.75) is 6.92 Å². The van der Waals surface area contributed by atoms with Gasteiger partial charge in [0.15, 0.2) is 0 Å². The highest BCUT2D eigenvalue weighted by molar-refractivity contribution is 5.77. The summed E-state index contributed by atoms with van der Waals surface area (Å²) in [6, 6.07) is 0. The molecule has 0 saturated heterocycles. The fraction of sp³-hybridized carbons (Fsp3) is 0.857. The first-order valence-corrected chi connectivity index (χ1v) is 3.80. The van der Waals surface area contributed by atoms with Gasteiger partial charge in [-0.25, -0.2) is 4.94 Å². The van der Waals surface area contributed by atoms with Crippen LogP contribution in [0.2, 0.25) is 0 Å². The lowest BCUT2D eigenvalue weighted by Gasteiger charge is -2.21. The minimum absolute atomic E-state index is 0.0790. The molecule has 12 heavy (non-hydrogen) atoms. The van der Waals surface area contributed by atoms with Crippen molar-refractivity contribution in [1.29, 1.82) is 0 Å². The van der Waals surface area contributed by atoms with Crippen LogP contribution in [0.1, 0.15) is 6.92 Å². The van der Waals surface area contributed by atoms with Gasteiger partial charge in [0.25, 0.3) is 0 Å². The molecule has 0 rings (SSSR count). The first kappa shape index (κ1) is 11.5. The summed E-state index contributed by atoms with van der Waals surface area (Å²) in [6.07, 6.45) is 0. The molecule has 5 nitrogen and oxygen atoms in total. The molecule has 0 aliphatic heterocycles. The lowest BCUT2D eigenvalue weighted by atomic mass is 10.4. The fourth-order valence-electron chi connectivity index (χ4n) is 0.832. The number of hydrogen-bond donors (Lipinski definition) is 1. The Kier molecular flexibility index (Phi) is 5.83. The monoisotopic (exact) mass is 175 g/mol. The van der Waals surface area contributed by atoms with Gasteiger partial charge in [-0.05, 0) is 14.0 Å². The third kappa shape index (κ3) is 6.23. The molecule has 0 aromatic carbocycles. The number of nitrogens with one attached hydrogen (secondary N) is 1. The van der Waals surface area contributed by atoms with Crippen LogP contribution in [-0.2, 0) is 9.73 Å². The van der Waals surface area contributed by atoms with E-state index in [-0.39, 0.29) is 5.78 Å². The van der Waals surface area contributed by atoms with Gasteiger partial charge < -0.3 is 5.32 Å². The number of hydroxylamine groups is 4. The van der Waals surface area contributed by atoms with Crippen molar-refractivity contribution in [3.05, 3.63) is 0 Å². The van der Waals surface area contributed by atoms with Gasteiger partial charge in [-0.3, -0.25) is 4.79 Å². The molecule has 0 heterocycles. The van der Waals surface area contributed by atoms with Gasteiger partial charge >= 0.3 is 0 Å². The number of nitrogens with zero attached hydrogens (tertiary/aromatic N) is 2. The second-order valence-corrected chi connectivity index (χ2v) is 2.71. The number of Topliss-reactive ketones (excluding diaryl/α,β-unsaturated/α-hetero) is 1. The van der Waals surface area contributed by atoms with Crippen LogP contribution in [-0.4, -0.2) is 50.3 Å². The molecule has 0 saturated carbocycles. The Labute approximate surface area is 73.2 Å². The minimum Gasteiger partial charge on any atom is -0.305 e. The maximum absolute atomic E-state index is 10.6. The minimum atomic E-state index is 0.0790. The van der Waals surface area contributed by atoms with Crippen molar-refractivity contribution in [3.8, 4) is 0 Å². The van der Waals surface area contributed by atoms with Gasteiger partial charge in [0.1, 0.15) is 5.78 Å². The number of carbonyl (C=O) groups excluding carboxylic acids is 1. The molecule has 0 aliphatic carbocycles. The first-order chi connectivity index (χ1) is 5.56. The Morgan fingerprint density at radius 2 is 2.00 bits per heavy atom. The topological polar surface area (TPSA) is 44.8 Å². The number of likely N-dealkylation sites (N-methyl/N-ethyl adjacent to an activating group) is 1. The molecule has 0 amide bonds. The van der Waals surface area contributed by atoms with Gasteiger partial charge in [0.05, 0.1) is 13.2 Å². The summed E-state index contributed by atoms with van der Waals surface area (Å²) in [7, 11) is 5.32. The maximum atomic E-state index is 10.6. The Hall–Kier alpha value is -0.490. The van der Waals surface area contributed by atoms with E-state index in [4.69, 9.17) is 4.94 Å². The Morgan fingerprint density at radius 1 is 1.42 bits per heavy atom. The summed E-state index contributed by atoms with van der Waals surface area (Å²) in [5.74, 6) is 0.0790. The summed E-state index contributed by atoms with van der Waals surface area (Å²) in [6.45, 7) is 2.44. The first-order valence-electron chi connectivity index (χ1n) is 3.80.